The fraction of sp³-hybridized carbons (Fsp3) is 0.846. The molecular formula is C13H25N3O. The smallest absolute Gasteiger partial charge is 0.240 e. The Morgan fingerprint density at radius 1 is 1.29 bits per heavy atom. The highest BCUT2D eigenvalue weighted by Gasteiger charge is 2.34. The van der Waals surface area contributed by atoms with Crippen LogP contribution in [0, 0.1) is 16.7 Å². The molecule has 1 amide bonds. The minimum atomic E-state index is -0.832. The molecule has 0 saturated heterocycles. The molecule has 1 N–H and O–H groups in total. The van der Waals surface area contributed by atoms with Crippen LogP contribution in [0.25, 0.3) is 0 Å². The van der Waals surface area contributed by atoms with Crippen LogP contribution in [0.2, 0.25) is 0 Å². The van der Waals surface area contributed by atoms with Crippen molar-refractivity contribution in [3.8, 4) is 6.07 Å². The van der Waals surface area contributed by atoms with Gasteiger partial charge in [0.25, 0.3) is 0 Å². The molecule has 0 aliphatic heterocycles. The van der Waals surface area contributed by atoms with Gasteiger partial charge in [0.05, 0.1) is 6.07 Å². The molecule has 0 heterocycles. The van der Waals surface area contributed by atoms with Gasteiger partial charge >= 0.3 is 0 Å². The van der Waals surface area contributed by atoms with E-state index in [1.165, 1.54) is 0 Å². The summed E-state index contributed by atoms with van der Waals surface area (Å²) in [5, 5.41) is 12.0. The lowest BCUT2D eigenvalue weighted by Crippen LogP contribution is -2.39. The van der Waals surface area contributed by atoms with Crippen LogP contribution in [0.3, 0.4) is 0 Å². The SMILES string of the molecule is CCC(C#N)(CC)C(=O)NCCCCN(C)C. The van der Waals surface area contributed by atoms with E-state index in [1.54, 1.807) is 0 Å². The maximum absolute atomic E-state index is 11.9. The van der Waals surface area contributed by atoms with Gasteiger partial charge < -0.3 is 10.2 Å². The Morgan fingerprint density at radius 2 is 1.88 bits per heavy atom. The van der Waals surface area contributed by atoms with E-state index in [0.717, 1.165) is 19.4 Å². The van der Waals surface area contributed by atoms with E-state index in [2.05, 4.69) is 16.3 Å². The summed E-state index contributed by atoms with van der Waals surface area (Å²) in [7, 11) is 4.07. The summed E-state index contributed by atoms with van der Waals surface area (Å²) in [6, 6.07) is 2.15. The van der Waals surface area contributed by atoms with Crippen molar-refractivity contribution in [2.24, 2.45) is 5.41 Å². The summed E-state index contributed by atoms with van der Waals surface area (Å²) < 4.78 is 0. The second-order valence-corrected chi connectivity index (χ2v) is 4.67. The van der Waals surface area contributed by atoms with Gasteiger partial charge in [-0.2, -0.15) is 5.26 Å². The highest BCUT2D eigenvalue weighted by Crippen LogP contribution is 2.25. The topological polar surface area (TPSA) is 56.1 Å². The number of unbranched alkanes of at least 4 members (excludes halogenated alkanes) is 1. The van der Waals surface area contributed by atoms with Crippen LogP contribution in [-0.4, -0.2) is 38.0 Å². The number of nitriles is 1. The molecule has 0 saturated carbocycles. The first kappa shape index (κ1) is 15.9. The van der Waals surface area contributed by atoms with Crippen LogP contribution in [0.15, 0.2) is 0 Å². The number of carbonyl (C=O) groups excluding carboxylic acids is 1. The van der Waals surface area contributed by atoms with Crippen LogP contribution >= 0.6 is 0 Å². The Kier molecular flexibility index (Phi) is 7.56. The van der Waals surface area contributed by atoms with Crippen molar-refractivity contribution < 1.29 is 4.79 Å². The van der Waals surface area contributed by atoms with Gasteiger partial charge in [0.2, 0.25) is 5.91 Å². The van der Waals surface area contributed by atoms with Crippen molar-refractivity contribution in [3.63, 3.8) is 0 Å². The molecule has 0 spiro atoms. The van der Waals surface area contributed by atoms with E-state index in [9.17, 15) is 4.79 Å². The maximum Gasteiger partial charge on any atom is 0.240 e. The zero-order valence-corrected chi connectivity index (χ0v) is 11.5. The molecule has 0 aromatic carbocycles. The molecule has 0 atom stereocenters. The van der Waals surface area contributed by atoms with Gasteiger partial charge in [0.1, 0.15) is 5.41 Å². The number of carbonyl (C=O) groups is 1. The van der Waals surface area contributed by atoms with E-state index in [1.807, 2.05) is 27.9 Å². The minimum Gasteiger partial charge on any atom is -0.355 e. The van der Waals surface area contributed by atoms with Crippen LogP contribution in [0.1, 0.15) is 39.5 Å². The summed E-state index contributed by atoms with van der Waals surface area (Å²) >= 11 is 0. The summed E-state index contributed by atoms with van der Waals surface area (Å²) in [6.07, 6.45) is 3.16. The van der Waals surface area contributed by atoms with E-state index in [4.69, 9.17) is 5.26 Å². The van der Waals surface area contributed by atoms with E-state index >= 15 is 0 Å². The fourth-order valence-electron chi connectivity index (χ4n) is 1.70. The lowest BCUT2D eigenvalue weighted by Gasteiger charge is -2.22. The van der Waals surface area contributed by atoms with Crippen LogP contribution in [0.4, 0.5) is 0 Å². The standard InChI is InChI=1S/C13H25N3O/c1-5-13(6-2,11-14)12(17)15-9-7-8-10-16(3)4/h5-10H2,1-4H3,(H,15,17). The summed E-state index contributed by atoms with van der Waals surface area (Å²) in [4.78, 5) is 14.0. The molecule has 4 nitrogen and oxygen atoms in total. The third kappa shape index (κ3) is 5.18. The molecule has 0 aromatic heterocycles. The first-order valence-corrected chi connectivity index (χ1v) is 6.36. The molecule has 4 heteroatoms. The van der Waals surface area contributed by atoms with E-state index in [-0.39, 0.29) is 5.91 Å². The normalized spacial score (nSPS) is 11.3. The second-order valence-electron chi connectivity index (χ2n) is 4.67. The van der Waals surface area contributed by atoms with Gasteiger partial charge in [-0.1, -0.05) is 13.8 Å². The van der Waals surface area contributed by atoms with Gasteiger partial charge in [-0.15, -0.1) is 0 Å². The van der Waals surface area contributed by atoms with Crippen molar-refractivity contribution in [2.45, 2.75) is 39.5 Å². The molecule has 17 heavy (non-hydrogen) atoms. The van der Waals surface area contributed by atoms with Crippen molar-refractivity contribution in [2.75, 3.05) is 27.2 Å². The number of rotatable bonds is 8. The Bertz CT molecular complexity index is 264. The molecule has 0 aromatic rings. The average Bonchev–Trinajstić information content (AvgIpc) is 2.31. The molecular weight excluding hydrogens is 214 g/mol. The van der Waals surface area contributed by atoms with Crippen molar-refractivity contribution in [1.82, 2.24) is 10.2 Å². The van der Waals surface area contributed by atoms with Gasteiger partial charge in [-0.3, -0.25) is 4.79 Å². The van der Waals surface area contributed by atoms with Crippen LogP contribution in [-0.2, 0) is 4.79 Å². The molecule has 98 valence electrons. The molecule has 0 radical (unpaired) electrons. The molecule has 0 unspecified atom stereocenters. The number of nitrogens with one attached hydrogen (secondary N) is 1. The largest absolute Gasteiger partial charge is 0.355 e. The highest BCUT2D eigenvalue weighted by atomic mass is 16.2. The Hall–Kier alpha value is -1.08. The van der Waals surface area contributed by atoms with Gasteiger partial charge in [-0.25, -0.2) is 0 Å². The molecule has 0 fully saturated rings. The van der Waals surface area contributed by atoms with Gasteiger partial charge in [0, 0.05) is 6.54 Å². The maximum atomic E-state index is 11.9. The van der Waals surface area contributed by atoms with Gasteiger partial charge in [0.15, 0.2) is 0 Å². The lowest BCUT2D eigenvalue weighted by molar-refractivity contribution is -0.128. The highest BCUT2D eigenvalue weighted by molar-refractivity contribution is 5.85. The third-order valence-corrected chi connectivity index (χ3v) is 3.17. The predicted octanol–water partition coefficient (Wildman–Crippen LogP) is 1.77. The quantitative estimate of drug-likeness (QED) is 0.657. The summed E-state index contributed by atoms with van der Waals surface area (Å²) in [6.45, 7) is 5.47. The molecule has 0 rings (SSSR count). The number of hydrogen-bond acceptors (Lipinski definition) is 3. The number of amides is 1. The average molecular weight is 239 g/mol. The van der Waals surface area contributed by atoms with Gasteiger partial charge in [-0.05, 0) is 46.3 Å². The Balaban J connectivity index is 3.97. The lowest BCUT2D eigenvalue weighted by atomic mass is 9.83. The first-order valence-electron chi connectivity index (χ1n) is 6.36. The third-order valence-electron chi connectivity index (χ3n) is 3.17. The van der Waals surface area contributed by atoms with E-state index in [0.29, 0.717) is 19.4 Å². The molecule has 0 aliphatic rings. The monoisotopic (exact) mass is 239 g/mol. The summed E-state index contributed by atoms with van der Waals surface area (Å²) in [5.41, 5.74) is -0.832. The zero-order valence-electron chi connectivity index (χ0n) is 11.5. The number of nitrogens with zero attached hydrogens (tertiary/aromatic N) is 2. The Labute approximate surface area is 105 Å². The van der Waals surface area contributed by atoms with E-state index < -0.39 is 5.41 Å². The Morgan fingerprint density at radius 3 is 2.29 bits per heavy atom. The summed E-state index contributed by atoms with van der Waals surface area (Å²) in [5.74, 6) is -0.116. The fourth-order valence-corrected chi connectivity index (χ4v) is 1.70. The first-order chi connectivity index (χ1) is 8.02. The number of hydrogen-bond donors (Lipinski definition) is 1. The van der Waals surface area contributed by atoms with Crippen LogP contribution < -0.4 is 5.32 Å². The molecule has 0 aliphatic carbocycles. The second kappa shape index (κ2) is 8.08. The minimum absolute atomic E-state index is 0.116. The van der Waals surface area contributed by atoms with Crippen molar-refractivity contribution in [3.05, 3.63) is 0 Å². The zero-order chi connectivity index (χ0) is 13.3. The predicted molar refractivity (Wildman–Crippen MR) is 69.4 cm³/mol. The van der Waals surface area contributed by atoms with Crippen LogP contribution in [0.5, 0.6) is 0 Å². The van der Waals surface area contributed by atoms with Crippen molar-refractivity contribution >= 4 is 5.91 Å². The van der Waals surface area contributed by atoms with Crippen molar-refractivity contribution in [1.29, 1.82) is 5.26 Å². The molecule has 0 bridgehead atoms.